The Kier molecular flexibility index (Phi) is 3.51. The molecule has 0 N–H and O–H groups in total. The molecule has 0 radical (unpaired) electrons. The molecule has 0 amide bonds. The maximum absolute atomic E-state index is 11.0. The first-order valence-electron chi connectivity index (χ1n) is 6.05. The Morgan fingerprint density at radius 2 is 1.88 bits per heavy atom. The van der Waals surface area contributed by atoms with Crippen molar-refractivity contribution in [2.75, 3.05) is 0 Å². The number of carbonyl (C=O) groups excluding carboxylic acids is 1. The number of hydrogen-bond donors (Lipinski definition) is 0. The molecule has 92 valence electrons. The lowest BCUT2D eigenvalue weighted by Gasteiger charge is -2.38. The molecule has 2 rings (SSSR count). The van der Waals surface area contributed by atoms with E-state index in [2.05, 4.69) is 33.9 Å². The molecule has 3 atom stereocenters. The number of fused-ring (bicyclic) bond motifs is 2. The van der Waals surface area contributed by atoms with Gasteiger partial charge in [0.1, 0.15) is 6.10 Å². The van der Waals surface area contributed by atoms with Crippen molar-refractivity contribution >= 4 is 5.97 Å². The summed E-state index contributed by atoms with van der Waals surface area (Å²) in [7, 11) is 0. The van der Waals surface area contributed by atoms with Crippen LogP contribution in [0.3, 0.4) is 0 Å². The third kappa shape index (κ3) is 1.68. The van der Waals surface area contributed by atoms with Gasteiger partial charge in [-0.15, -0.1) is 13.2 Å². The van der Waals surface area contributed by atoms with Gasteiger partial charge in [0.2, 0.25) is 0 Å². The van der Waals surface area contributed by atoms with Crippen LogP contribution in [0.1, 0.15) is 47.0 Å². The Hall–Kier alpha value is -0.790. The average molecular weight is 224 g/mol. The van der Waals surface area contributed by atoms with Gasteiger partial charge in [-0.2, -0.15) is 0 Å². The van der Waals surface area contributed by atoms with Crippen molar-refractivity contribution in [1.82, 2.24) is 0 Å². The van der Waals surface area contributed by atoms with E-state index in [1.807, 2.05) is 0 Å². The summed E-state index contributed by atoms with van der Waals surface area (Å²) >= 11 is 0. The van der Waals surface area contributed by atoms with E-state index in [-0.39, 0.29) is 17.5 Å². The summed E-state index contributed by atoms with van der Waals surface area (Å²) < 4.78 is 5.44. The molecule has 0 aromatic carbocycles. The fourth-order valence-electron chi connectivity index (χ4n) is 3.51. The highest BCUT2D eigenvalue weighted by Crippen LogP contribution is 2.66. The number of rotatable bonds is 1. The van der Waals surface area contributed by atoms with Crippen LogP contribution in [0.5, 0.6) is 0 Å². The predicted octanol–water partition coefficient (Wildman–Crippen LogP) is 3.57. The fraction of sp³-hybridized carbons (Fsp3) is 0.786. The summed E-state index contributed by atoms with van der Waals surface area (Å²) in [5.41, 5.74) is 0.552. The zero-order valence-corrected chi connectivity index (χ0v) is 11.0. The smallest absolute Gasteiger partial charge is 0.302 e. The van der Waals surface area contributed by atoms with Crippen molar-refractivity contribution in [3.05, 3.63) is 13.2 Å². The lowest BCUT2D eigenvalue weighted by Crippen LogP contribution is -2.37. The first-order chi connectivity index (χ1) is 7.38. The SMILES string of the molecule is C=C.CC(=O)O[C@@H]1C[C@@H]2CC[C@@]1(C)C2(C)C. The van der Waals surface area contributed by atoms with E-state index in [9.17, 15) is 4.79 Å². The molecule has 2 nitrogen and oxygen atoms in total. The molecule has 0 aromatic heterocycles. The van der Waals surface area contributed by atoms with Crippen molar-refractivity contribution in [2.24, 2.45) is 16.7 Å². The Balaban J connectivity index is 0.000000606. The van der Waals surface area contributed by atoms with E-state index in [4.69, 9.17) is 4.74 Å². The van der Waals surface area contributed by atoms with Crippen molar-refractivity contribution in [3.63, 3.8) is 0 Å². The molecule has 0 aromatic rings. The number of hydrogen-bond acceptors (Lipinski definition) is 2. The number of carbonyl (C=O) groups is 1. The molecule has 16 heavy (non-hydrogen) atoms. The van der Waals surface area contributed by atoms with Crippen LogP contribution in [0.2, 0.25) is 0 Å². The second kappa shape index (κ2) is 4.23. The third-order valence-electron chi connectivity index (χ3n) is 5.02. The summed E-state index contributed by atoms with van der Waals surface area (Å²) in [5.74, 6) is 0.622. The van der Waals surface area contributed by atoms with E-state index < -0.39 is 0 Å². The van der Waals surface area contributed by atoms with Crippen molar-refractivity contribution in [3.8, 4) is 0 Å². The van der Waals surface area contributed by atoms with Crippen LogP contribution in [-0.2, 0) is 9.53 Å². The van der Waals surface area contributed by atoms with Crippen LogP contribution < -0.4 is 0 Å². The van der Waals surface area contributed by atoms with Gasteiger partial charge in [-0.3, -0.25) is 4.79 Å². The molecule has 2 aliphatic carbocycles. The molecule has 0 spiro atoms. The van der Waals surface area contributed by atoms with Gasteiger partial charge in [-0.05, 0) is 30.6 Å². The van der Waals surface area contributed by atoms with Crippen LogP contribution in [0, 0.1) is 16.7 Å². The minimum atomic E-state index is -0.125. The van der Waals surface area contributed by atoms with Gasteiger partial charge in [0, 0.05) is 12.3 Å². The summed E-state index contributed by atoms with van der Waals surface area (Å²) in [4.78, 5) is 11.0. The third-order valence-corrected chi connectivity index (χ3v) is 5.02. The second-order valence-electron chi connectivity index (χ2n) is 5.71. The molecule has 0 heterocycles. The maximum Gasteiger partial charge on any atom is 0.302 e. The minimum Gasteiger partial charge on any atom is -0.462 e. The monoisotopic (exact) mass is 224 g/mol. The van der Waals surface area contributed by atoms with Crippen molar-refractivity contribution in [1.29, 1.82) is 0 Å². The Morgan fingerprint density at radius 3 is 2.19 bits per heavy atom. The molecule has 0 unspecified atom stereocenters. The Bertz CT molecular complexity index is 282. The first-order valence-corrected chi connectivity index (χ1v) is 6.05. The van der Waals surface area contributed by atoms with Gasteiger partial charge < -0.3 is 4.74 Å². The lowest BCUT2D eigenvalue weighted by molar-refractivity contribution is -0.154. The quantitative estimate of drug-likeness (QED) is 0.503. The van der Waals surface area contributed by atoms with Crippen LogP contribution in [-0.4, -0.2) is 12.1 Å². The van der Waals surface area contributed by atoms with E-state index in [1.165, 1.54) is 19.8 Å². The maximum atomic E-state index is 11.0. The van der Waals surface area contributed by atoms with Gasteiger partial charge in [-0.1, -0.05) is 20.8 Å². The van der Waals surface area contributed by atoms with Crippen molar-refractivity contribution in [2.45, 2.75) is 53.1 Å². The molecule has 0 aliphatic heterocycles. The highest BCUT2D eigenvalue weighted by atomic mass is 16.5. The summed E-state index contributed by atoms with van der Waals surface area (Å²) in [6, 6.07) is 0. The van der Waals surface area contributed by atoms with Crippen LogP contribution in [0.15, 0.2) is 13.2 Å². The predicted molar refractivity (Wildman–Crippen MR) is 66.0 cm³/mol. The highest BCUT2D eigenvalue weighted by Gasteiger charge is 2.62. The van der Waals surface area contributed by atoms with E-state index in [1.54, 1.807) is 0 Å². The molecular formula is C14H24O2. The van der Waals surface area contributed by atoms with E-state index >= 15 is 0 Å². The normalized spacial score (nSPS) is 38.8. The first kappa shape index (κ1) is 13.3. The molecule has 2 aliphatic rings. The standard InChI is InChI=1S/C12H20O2.C2H4/c1-8(13)14-10-7-9-5-6-12(10,4)11(9,2)3;1-2/h9-10H,5-7H2,1-4H3;1-2H2/t9-,10+,12+;/m0./s1. The zero-order valence-electron chi connectivity index (χ0n) is 11.0. The van der Waals surface area contributed by atoms with Crippen LogP contribution in [0.4, 0.5) is 0 Å². The topological polar surface area (TPSA) is 26.3 Å². The Labute approximate surface area is 99.1 Å². The minimum absolute atomic E-state index is 0.125. The van der Waals surface area contributed by atoms with Crippen molar-refractivity contribution < 1.29 is 9.53 Å². The van der Waals surface area contributed by atoms with Crippen LogP contribution in [0.25, 0.3) is 0 Å². The molecule has 0 saturated heterocycles. The van der Waals surface area contributed by atoms with Gasteiger partial charge in [-0.25, -0.2) is 0 Å². The lowest BCUT2D eigenvalue weighted by atomic mass is 9.70. The molecule has 2 saturated carbocycles. The van der Waals surface area contributed by atoms with Gasteiger partial charge in [0.25, 0.3) is 0 Å². The summed E-state index contributed by atoms with van der Waals surface area (Å²) in [6.07, 6.45) is 3.75. The summed E-state index contributed by atoms with van der Waals surface area (Å²) in [5, 5.41) is 0. The van der Waals surface area contributed by atoms with Gasteiger partial charge in [0.05, 0.1) is 0 Å². The average Bonchev–Trinajstić information content (AvgIpc) is 2.53. The molecule has 2 heteroatoms. The zero-order chi connectivity index (χ0) is 12.6. The summed E-state index contributed by atoms with van der Waals surface area (Å²) in [6.45, 7) is 14.5. The van der Waals surface area contributed by atoms with E-state index in [0.717, 1.165) is 12.3 Å². The van der Waals surface area contributed by atoms with E-state index in [0.29, 0.717) is 5.41 Å². The van der Waals surface area contributed by atoms with Gasteiger partial charge in [0.15, 0.2) is 0 Å². The number of ether oxygens (including phenoxy) is 1. The van der Waals surface area contributed by atoms with Crippen LogP contribution >= 0.6 is 0 Å². The molecule has 2 bridgehead atoms. The fourth-order valence-corrected chi connectivity index (χ4v) is 3.51. The highest BCUT2D eigenvalue weighted by molar-refractivity contribution is 5.66. The largest absolute Gasteiger partial charge is 0.462 e. The molecule has 2 fully saturated rings. The van der Waals surface area contributed by atoms with Gasteiger partial charge >= 0.3 is 5.97 Å². The Morgan fingerprint density at radius 1 is 1.31 bits per heavy atom. The molecular weight excluding hydrogens is 200 g/mol. The number of esters is 1. The second-order valence-corrected chi connectivity index (χ2v) is 5.71.